The molecule has 5 rings (SSSR count). The Morgan fingerprint density at radius 2 is 1.85 bits per heavy atom. The van der Waals surface area contributed by atoms with Crippen LogP contribution in [0.5, 0.6) is 5.75 Å². The summed E-state index contributed by atoms with van der Waals surface area (Å²) in [7, 11) is 0. The normalized spacial score (nSPS) is 22.5. The molecule has 0 amide bonds. The van der Waals surface area contributed by atoms with Crippen molar-refractivity contribution in [2.45, 2.75) is 32.1 Å². The molecule has 2 aliphatic heterocycles. The number of aliphatic hydroxyl groups is 1. The van der Waals surface area contributed by atoms with Gasteiger partial charge in [-0.2, -0.15) is 0 Å². The summed E-state index contributed by atoms with van der Waals surface area (Å²) in [5.74, 6) is 1.52. The molecule has 0 radical (unpaired) electrons. The van der Waals surface area contributed by atoms with E-state index in [2.05, 4.69) is 39.0 Å². The highest BCUT2D eigenvalue weighted by Crippen LogP contribution is 2.30. The third-order valence-electron chi connectivity index (χ3n) is 6.41. The van der Waals surface area contributed by atoms with Crippen molar-refractivity contribution in [1.29, 1.82) is 0 Å². The minimum absolute atomic E-state index is 0.00869. The number of β-amino-alcohol motifs (C(OH)–C–C–N with tert-alkyl or cyclic N) is 1. The van der Waals surface area contributed by atoms with E-state index >= 15 is 0 Å². The molecule has 8 heteroatoms. The molecule has 1 aromatic heterocycles. The van der Waals surface area contributed by atoms with E-state index in [9.17, 15) is 5.11 Å². The van der Waals surface area contributed by atoms with Gasteiger partial charge in [-0.05, 0) is 24.6 Å². The van der Waals surface area contributed by atoms with Crippen LogP contribution in [0.4, 0.5) is 0 Å². The number of aryl methyl sites for hydroxylation is 1. The molecule has 1 saturated heterocycles. The van der Waals surface area contributed by atoms with Crippen molar-refractivity contribution in [3.8, 4) is 5.75 Å². The molecular weight excluding hydrogens is 448 g/mol. The van der Waals surface area contributed by atoms with Gasteiger partial charge in [-0.15, -0.1) is 11.3 Å². The number of fused-ring (bicyclic) bond motifs is 1. The molecule has 3 atom stereocenters. The third-order valence-corrected chi connectivity index (χ3v) is 7.36. The number of piperazine rings is 1. The standard InChI is InChI=1S/C26H32N4O3S/c1-18-27-24(26(33-18)20-6-4-3-5-7-20)16-30-12-10-29(11-13-30)15-21(31)17-32-22-8-9-25-23(14-22)28-19(2)34-25/h3-9,14,21,24,26,31H,10-13,15-17H2,1-2H3/t21-,24+,26+/m1/s1. The smallest absolute Gasteiger partial charge is 0.181 e. The third kappa shape index (κ3) is 5.58. The Morgan fingerprint density at radius 3 is 2.65 bits per heavy atom. The first-order chi connectivity index (χ1) is 16.5. The topological polar surface area (TPSA) is 70.4 Å². The summed E-state index contributed by atoms with van der Waals surface area (Å²) in [5.41, 5.74) is 2.13. The molecule has 0 aliphatic carbocycles. The molecule has 180 valence electrons. The second-order valence-electron chi connectivity index (χ2n) is 9.09. The Hall–Kier alpha value is -2.52. The molecule has 0 unspecified atom stereocenters. The maximum atomic E-state index is 10.5. The number of hydrogen-bond acceptors (Lipinski definition) is 8. The molecular formula is C26H32N4O3S. The number of aromatic nitrogens is 1. The molecule has 0 bridgehead atoms. The molecule has 0 saturated carbocycles. The molecule has 3 heterocycles. The van der Waals surface area contributed by atoms with Gasteiger partial charge in [0, 0.05) is 52.3 Å². The minimum atomic E-state index is -0.530. The Labute approximate surface area is 204 Å². The summed E-state index contributed by atoms with van der Waals surface area (Å²) in [4.78, 5) is 14.0. The van der Waals surface area contributed by atoms with Gasteiger partial charge in [0.2, 0.25) is 0 Å². The largest absolute Gasteiger partial charge is 0.491 e. The van der Waals surface area contributed by atoms with Crippen LogP contribution in [-0.4, -0.2) is 83.8 Å². The van der Waals surface area contributed by atoms with E-state index in [4.69, 9.17) is 14.5 Å². The number of nitrogens with zero attached hydrogens (tertiary/aromatic N) is 4. The van der Waals surface area contributed by atoms with E-state index < -0.39 is 6.10 Å². The highest BCUT2D eigenvalue weighted by Gasteiger charge is 2.33. The number of rotatable bonds is 8. The fourth-order valence-corrected chi connectivity index (χ4v) is 5.55. The van der Waals surface area contributed by atoms with Crippen LogP contribution in [0.25, 0.3) is 10.2 Å². The second kappa shape index (κ2) is 10.4. The summed E-state index contributed by atoms with van der Waals surface area (Å²) < 4.78 is 13.0. The zero-order valence-corrected chi connectivity index (χ0v) is 20.6. The van der Waals surface area contributed by atoms with Crippen molar-refractivity contribution in [2.24, 2.45) is 4.99 Å². The molecule has 2 aromatic carbocycles. The van der Waals surface area contributed by atoms with Gasteiger partial charge in [0.25, 0.3) is 0 Å². The highest BCUT2D eigenvalue weighted by atomic mass is 32.1. The molecule has 1 fully saturated rings. The fourth-order valence-electron chi connectivity index (χ4n) is 4.74. The zero-order valence-electron chi connectivity index (χ0n) is 19.8. The van der Waals surface area contributed by atoms with Crippen LogP contribution in [0.15, 0.2) is 53.5 Å². The Kier molecular flexibility index (Phi) is 7.10. The van der Waals surface area contributed by atoms with Crippen molar-refractivity contribution in [2.75, 3.05) is 45.9 Å². The van der Waals surface area contributed by atoms with Crippen LogP contribution >= 0.6 is 11.3 Å². The first-order valence-corrected chi connectivity index (χ1v) is 12.7. The van der Waals surface area contributed by atoms with Crippen LogP contribution in [0.1, 0.15) is 23.6 Å². The SMILES string of the molecule is CC1=N[C@@H](CN2CCN(C[C@@H](O)COc3ccc4sc(C)nc4c3)CC2)[C@H](c2ccccc2)O1. The quantitative estimate of drug-likeness (QED) is 0.532. The number of benzene rings is 2. The lowest BCUT2D eigenvalue weighted by Gasteiger charge is -2.36. The van der Waals surface area contributed by atoms with Gasteiger partial charge in [0.05, 0.1) is 15.2 Å². The molecule has 1 N–H and O–H groups in total. The first kappa shape index (κ1) is 23.2. The fraction of sp³-hybridized carbons (Fsp3) is 0.462. The molecule has 7 nitrogen and oxygen atoms in total. The lowest BCUT2D eigenvalue weighted by molar-refractivity contribution is 0.0425. The number of aliphatic imine (C=N–C) groups is 1. The Balaban J connectivity index is 1.07. The van der Waals surface area contributed by atoms with E-state index in [-0.39, 0.29) is 18.8 Å². The number of thiazole rings is 1. The minimum Gasteiger partial charge on any atom is -0.491 e. The molecule has 34 heavy (non-hydrogen) atoms. The van der Waals surface area contributed by atoms with Gasteiger partial charge in [0.15, 0.2) is 5.90 Å². The van der Waals surface area contributed by atoms with E-state index in [0.29, 0.717) is 6.54 Å². The number of hydrogen-bond donors (Lipinski definition) is 1. The van der Waals surface area contributed by atoms with E-state index in [1.54, 1.807) is 11.3 Å². The highest BCUT2D eigenvalue weighted by molar-refractivity contribution is 7.18. The summed E-state index contributed by atoms with van der Waals surface area (Å²) in [6.45, 7) is 9.48. The number of ether oxygens (including phenoxy) is 2. The van der Waals surface area contributed by atoms with Gasteiger partial charge in [-0.3, -0.25) is 9.80 Å². The first-order valence-electron chi connectivity index (χ1n) is 11.9. The summed E-state index contributed by atoms with van der Waals surface area (Å²) in [5, 5.41) is 11.6. The average Bonchev–Trinajstić information content (AvgIpc) is 3.40. The van der Waals surface area contributed by atoms with Crippen LogP contribution in [0.2, 0.25) is 0 Å². The zero-order chi connectivity index (χ0) is 23.5. The van der Waals surface area contributed by atoms with Crippen LogP contribution in [-0.2, 0) is 4.74 Å². The predicted octanol–water partition coefficient (Wildman–Crippen LogP) is 3.52. The summed E-state index contributed by atoms with van der Waals surface area (Å²) in [6.07, 6.45) is -0.539. The predicted molar refractivity (Wildman–Crippen MR) is 136 cm³/mol. The summed E-state index contributed by atoms with van der Waals surface area (Å²) in [6, 6.07) is 16.4. The van der Waals surface area contributed by atoms with Gasteiger partial charge >= 0.3 is 0 Å². The molecule has 3 aromatic rings. The monoisotopic (exact) mass is 480 g/mol. The Morgan fingerprint density at radius 1 is 1.09 bits per heavy atom. The van der Waals surface area contributed by atoms with Gasteiger partial charge < -0.3 is 14.6 Å². The van der Waals surface area contributed by atoms with Crippen molar-refractivity contribution in [3.05, 3.63) is 59.1 Å². The van der Waals surface area contributed by atoms with Crippen LogP contribution in [0.3, 0.4) is 0 Å². The van der Waals surface area contributed by atoms with E-state index in [1.807, 2.05) is 38.1 Å². The summed E-state index contributed by atoms with van der Waals surface area (Å²) >= 11 is 1.68. The maximum Gasteiger partial charge on any atom is 0.181 e. The van der Waals surface area contributed by atoms with Crippen molar-refractivity contribution < 1.29 is 14.6 Å². The average molecular weight is 481 g/mol. The molecule has 2 aliphatic rings. The number of aliphatic hydroxyl groups excluding tert-OH is 1. The second-order valence-corrected chi connectivity index (χ2v) is 10.3. The van der Waals surface area contributed by atoms with Crippen molar-refractivity contribution in [3.63, 3.8) is 0 Å². The van der Waals surface area contributed by atoms with Gasteiger partial charge in [-0.25, -0.2) is 9.98 Å². The Bertz CT molecular complexity index is 1130. The van der Waals surface area contributed by atoms with Gasteiger partial charge in [0.1, 0.15) is 30.6 Å². The lowest BCUT2D eigenvalue weighted by Crippen LogP contribution is -2.50. The van der Waals surface area contributed by atoms with Crippen LogP contribution in [0, 0.1) is 6.92 Å². The lowest BCUT2D eigenvalue weighted by atomic mass is 10.0. The maximum absolute atomic E-state index is 10.5. The van der Waals surface area contributed by atoms with E-state index in [1.165, 1.54) is 5.56 Å². The van der Waals surface area contributed by atoms with Crippen LogP contribution < -0.4 is 4.74 Å². The van der Waals surface area contributed by atoms with E-state index in [0.717, 1.165) is 59.6 Å². The molecule has 0 spiro atoms. The van der Waals surface area contributed by atoms with Crippen molar-refractivity contribution in [1.82, 2.24) is 14.8 Å². The van der Waals surface area contributed by atoms with Crippen molar-refractivity contribution >= 4 is 27.5 Å². The van der Waals surface area contributed by atoms with Gasteiger partial charge in [-0.1, -0.05) is 30.3 Å².